The van der Waals surface area contributed by atoms with Crippen molar-refractivity contribution in [3.8, 4) is 5.75 Å². The van der Waals surface area contributed by atoms with E-state index in [0.29, 0.717) is 24.3 Å². The lowest BCUT2D eigenvalue weighted by molar-refractivity contribution is -0.145. The highest BCUT2D eigenvalue weighted by atomic mass is 16.5. The first-order chi connectivity index (χ1) is 13.0. The van der Waals surface area contributed by atoms with Gasteiger partial charge in [-0.25, -0.2) is 0 Å². The summed E-state index contributed by atoms with van der Waals surface area (Å²) < 4.78 is 5.59. The van der Waals surface area contributed by atoms with Crippen molar-refractivity contribution in [2.75, 3.05) is 13.2 Å². The van der Waals surface area contributed by atoms with Gasteiger partial charge in [-0.3, -0.25) is 14.4 Å². The van der Waals surface area contributed by atoms with E-state index in [1.807, 2.05) is 30.3 Å². The first-order valence-corrected chi connectivity index (χ1v) is 8.73. The Morgan fingerprint density at radius 2 is 1.78 bits per heavy atom. The van der Waals surface area contributed by atoms with Crippen molar-refractivity contribution in [2.24, 2.45) is 0 Å². The van der Waals surface area contributed by atoms with Gasteiger partial charge in [0.25, 0.3) is 0 Å². The maximum Gasteiger partial charge on any atom is 0.323 e. The molecule has 0 saturated heterocycles. The van der Waals surface area contributed by atoms with Gasteiger partial charge >= 0.3 is 5.97 Å². The molecule has 0 saturated carbocycles. The van der Waals surface area contributed by atoms with Crippen LogP contribution < -0.4 is 4.74 Å². The van der Waals surface area contributed by atoms with Gasteiger partial charge in [0.05, 0.1) is 6.61 Å². The van der Waals surface area contributed by atoms with Crippen LogP contribution in [0.4, 0.5) is 0 Å². The van der Waals surface area contributed by atoms with Gasteiger partial charge in [0.2, 0.25) is 5.91 Å². The number of ether oxygens (including phenoxy) is 1. The van der Waals surface area contributed by atoms with Gasteiger partial charge in [-0.15, -0.1) is 0 Å². The Bertz CT molecular complexity index is 788. The van der Waals surface area contributed by atoms with E-state index < -0.39 is 5.97 Å². The summed E-state index contributed by atoms with van der Waals surface area (Å²) >= 11 is 0. The number of nitrogens with zero attached hydrogens (tertiary/aromatic N) is 1. The molecule has 0 heterocycles. The summed E-state index contributed by atoms with van der Waals surface area (Å²) in [6, 6.07) is 16.1. The van der Waals surface area contributed by atoms with Gasteiger partial charge in [-0.1, -0.05) is 42.5 Å². The van der Waals surface area contributed by atoms with E-state index >= 15 is 0 Å². The molecule has 0 bridgehead atoms. The van der Waals surface area contributed by atoms with Gasteiger partial charge < -0.3 is 14.7 Å². The van der Waals surface area contributed by atoms with Gasteiger partial charge in [0.15, 0.2) is 5.78 Å². The fraction of sp³-hybridized carbons (Fsp3) is 0.286. The number of carbonyl (C=O) groups is 3. The van der Waals surface area contributed by atoms with Crippen LogP contribution in [0.1, 0.15) is 35.7 Å². The van der Waals surface area contributed by atoms with Crippen LogP contribution in [0.3, 0.4) is 0 Å². The number of aliphatic carboxylic acids is 1. The van der Waals surface area contributed by atoms with Gasteiger partial charge in [0.1, 0.15) is 12.3 Å². The fourth-order valence-corrected chi connectivity index (χ4v) is 2.58. The van der Waals surface area contributed by atoms with Crippen molar-refractivity contribution in [2.45, 2.75) is 26.3 Å². The summed E-state index contributed by atoms with van der Waals surface area (Å²) in [5.41, 5.74) is 1.45. The van der Waals surface area contributed by atoms with Crippen molar-refractivity contribution >= 4 is 17.7 Å². The van der Waals surface area contributed by atoms with Crippen LogP contribution in [0.2, 0.25) is 0 Å². The second-order valence-electron chi connectivity index (χ2n) is 6.17. The topological polar surface area (TPSA) is 83.9 Å². The average molecular weight is 369 g/mol. The second kappa shape index (κ2) is 10.1. The minimum Gasteiger partial charge on any atom is -0.494 e. The average Bonchev–Trinajstić information content (AvgIpc) is 2.65. The largest absolute Gasteiger partial charge is 0.494 e. The van der Waals surface area contributed by atoms with Crippen molar-refractivity contribution in [3.63, 3.8) is 0 Å². The van der Waals surface area contributed by atoms with Crippen molar-refractivity contribution in [3.05, 3.63) is 65.7 Å². The summed E-state index contributed by atoms with van der Waals surface area (Å²) in [6.07, 6.45) is 0.639. The molecule has 0 atom stereocenters. The van der Waals surface area contributed by atoms with Crippen molar-refractivity contribution in [1.29, 1.82) is 0 Å². The van der Waals surface area contributed by atoms with E-state index in [-0.39, 0.29) is 31.2 Å². The molecule has 0 aliphatic heterocycles. The molecule has 2 rings (SSSR count). The number of amides is 1. The summed E-state index contributed by atoms with van der Waals surface area (Å²) in [5.74, 6) is -0.749. The Hall–Kier alpha value is -3.15. The zero-order chi connectivity index (χ0) is 19.6. The molecule has 0 aliphatic carbocycles. The van der Waals surface area contributed by atoms with Crippen LogP contribution in [-0.4, -0.2) is 40.8 Å². The molecule has 0 spiro atoms. The van der Waals surface area contributed by atoms with Crippen molar-refractivity contribution < 1.29 is 24.2 Å². The number of hydrogen-bond donors (Lipinski definition) is 1. The number of hydrogen-bond acceptors (Lipinski definition) is 4. The molecule has 27 heavy (non-hydrogen) atoms. The van der Waals surface area contributed by atoms with E-state index in [2.05, 4.69) is 0 Å². The monoisotopic (exact) mass is 369 g/mol. The lowest BCUT2D eigenvalue weighted by Crippen LogP contribution is -2.35. The van der Waals surface area contributed by atoms with E-state index in [9.17, 15) is 14.4 Å². The SMILES string of the molecule is CC(=O)c1cccc(OCCCC(=O)N(CC(=O)O)Cc2ccccc2)c1. The molecule has 1 N–H and O–H groups in total. The van der Waals surface area contributed by atoms with E-state index in [1.54, 1.807) is 24.3 Å². The normalized spacial score (nSPS) is 10.3. The first kappa shape index (κ1) is 20.2. The Morgan fingerprint density at radius 3 is 2.44 bits per heavy atom. The van der Waals surface area contributed by atoms with Crippen molar-refractivity contribution in [1.82, 2.24) is 4.90 Å². The Balaban J connectivity index is 1.85. The third-order valence-electron chi connectivity index (χ3n) is 3.94. The predicted octanol–water partition coefficient (Wildman–Crippen LogP) is 3.16. The molecule has 6 nitrogen and oxygen atoms in total. The molecular weight excluding hydrogens is 346 g/mol. The minimum atomic E-state index is -1.04. The van der Waals surface area contributed by atoms with Crippen LogP contribution in [-0.2, 0) is 16.1 Å². The molecular formula is C21H23NO5. The van der Waals surface area contributed by atoms with Gasteiger partial charge in [-0.05, 0) is 31.0 Å². The quantitative estimate of drug-likeness (QED) is 0.514. The van der Waals surface area contributed by atoms with Gasteiger partial charge in [0, 0.05) is 18.5 Å². The molecule has 2 aromatic carbocycles. The smallest absolute Gasteiger partial charge is 0.323 e. The highest BCUT2D eigenvalue weighted by molar-refractivity contribution is 5.94. The number of ketones is 1. The lowest BCUT2D eigenvalue weighted by Gasteiger charge is -2.21. The zero-order valence-electron chi connectivity index (χ0n) is 15.3. The fourth-order valence-electron chi connectivity index (χ4n) is 2.58. The van der Waals surface area contributed by atoms with E-state index in [4.69, 9.17) is 9.84 Å². The number of rotatable bonds is 10. The Labute approximate surface area is 158 Å². The number of benzene rings is 2. The van der Waals surface area contributed by atoms with Gasteiger partial charge in [-0.2, -0.15) is 0 Å². The molecule has 2 aromatic rings. The lowest BCUT2D eigenvalue weighted by atomic mass is 10.1. The molecule has 0 fully saturated rings. The third kappa shape index (κ3) is 6.93. The highest BCUT2D eigenvalue weighted by Crippen LogP contribution is 2.14. The number of carboxylic acids is 1. The molecule has 1 amide bonds. The number of carboxylic acid groups (broad SMARTS) is 1. The number of Topliss-reactive ketones (excluding diaryl/α,β-unsaturated/α-hetero) is 1. The molecule has 0 radical (unpaired) electrons. The zero-order valence-corrected chi connectivity index (χ0v) is 15.3. The second-order valence-corrected chi connectivity index (χ2v) is 6.17. The Morgan fingerprint density at radius 1 is 1.04 bits per heavy atom. The van der Waals surface area contributed by atoms with E-state index in [1.165, 1.54) is 11.8 Å². The van der Waals surface area contributed by atoms with Crippen LogP contribution in [0, 0.1) is 0 Å². The minimum absolute atomic E-state index is 0.0409. The third-order valence-corrected chi connectivity index (χ3v) is 3.94. The van der Waals surface area contributed by atoms with Crippen LogP contribution in [0.25, 0.3) is 0 Å². The summed E-state index contributed by atoms with van der Waals surface area (Å²) in [5, 5.41) is 9.06. The Kier molecular flexibility index (Phi) is 7.55. The van der Waals surface area contributed by atoms with Crippen LogP contribution >= 0.6 is 0 Å². The molecule has 0 unspecified atom stereocenters. The van der Waals surface area contributed by atoms with E-state index in [0.717, 1.165) is 5.56 Å². The molecule has 142 valence electrons. The maximum atomic E-state index is 12.4. The van der Waals surface area contributed by atoms with Crippen LogP contribution in [0.15, 0.2) is 54.6 Å². The molecule has 0 aromatic heterocycles. The standard InChI is InChI=1S/C21H23NO5/c1-16(23)18-9-5-10-19(13-18)27-12-6-11-20(24)22(15-21(25)26)14-17-7-3-2-4-8-17/h2-5,7-10,13H,6,11-12,14-15H2,1H3,(H,25,26). The molecule has 6 heteroatoms. The summed E-state index contributed by atoms with van der Waals surface area (Å²) in [4.78, 5) is 36.2. The first-order valence-electron chi connectivity index (χ1n) is 8.73. The highest BCUT2D eigenvalue weighted by Gasteiger charge is 2.17. The maximum absolute atomic E-state index is 12.4. The molecule has 0 aliphatic rings. The number of carbonyl (C=O) groups excluding carboxylic acids is 2. The van der Waals surface area contributed by atoms with Crippen LogP contribution in [0.5, 0.6) is 5.75 Å². The summed E-state index contributed by atoms with van der Waals surface area (Å²) in [6.45, 7) is 1.71. The summed E-state index contributed by atoms with van der Waals surface area (Å²) in [7, 11) is 0. The predicted molar refractivity (Wildman–Crippen MR) is 101 cm³/mol.